The Bertz CT molecular complexity index is 1320. The highest BCUT2D eigenvalue weighted by Crippen LogP contribution is 2.58. The molecule has 0 aliphatic carbocycles. The fourth-order valence-corrected chi connectivity index (χ4v) is 6.98. The normalized spacial score (nSPS) is 11.7. The predicted octanol–water partition coefficient (Wildman–Crippen LogP) is 11.0. The molecular weight excluding hydrogens is 897 g/mol. The monoisotopic (exact) mass is 895 g/mol. The van der Waals surface area contributed by atoms with Crippen LogP contribution in [0.3, 0.4) is 0 Å². The summed E-state index contributed by atoms with van der Waals surface area (Å²) in [6, 6.07) is 7.00. The smallest absolute Gasteiger partial charge is 0.402 e. The van der Waals surface area contributed by atoms with E-state index in [-0.39, 0.29) is 26.4 Å². The quantitative estimate of drug-likeness (QED) is 0.202. The molecule has 0 aliphatic rings. The first-order chi connectivity index (χ1) is 14.8. The summed E-state index contributed by atoms with van der Waals surface area (Å²) in [4.78, 5) is 19.2. The predicted molar refractivity (Wildman–Crippen MR) is 151 cm³/mol. The third-order valence-electron chi connectivity index (χ3n) is 4.10. The van der Waals surface area contributed by atoms with Gasteiger partial charge in [0.2, 0.25) is 0 Å². The standard InChI is InChI=1S/C18H6Br6Cl3O4P/c19-7-3-1-5(11(21)13(7)23)9-10(6-2-4-8(20)14(24)12(6)22)18(31-32(28,29)30)17(27)16(26)15(9)25/h1-4H,(H2,28,29,30). The van der Waals surface area contributed by atoms with E-state index in [4.69, 9.17) is 39.3 Å². The molecule has 0 bridgehead atoms. The van der Waals surface area contributed by atoms with Crippen molar-refractivity contribution in [1.29, 1.82) is 0 Å². The fraction of sp³-hybridized carbons (Fsp3) is 0. The third-order valence-corrected chi connectivity index (χ3v) is 12.6. The Balaban J connectivity index is 2.60. The highest BCUT2D eigenvalue weighted by atomic mass is 79.9. The number of phosphoric acid groups is 1. The summed E-state index contributed by atoms with van der Waals surface area (Å²) in [7, 11) is -5.02. The van der Waals surface area contributed by atoms with Crippen molar-refractivity contribution < 1.29 is 18.9 Å². The molecule has 3 aromatic rings. The van der Waals surface area contributed by atoms with Crippen LogP contribution in [0, 0.1) is 0 Å². The van der Waals surface area contributed by atoms with Crippen LogP contribution in [0.25, 0.3) is 22.3 Å². The molecule has 2 N–H and O–H groups in total. The van der Waals surface area contributed by atoms with Gasteiger partial charge in [-0.1, -0.05) is 46.9 Å². The van der Waals surface area contributed by atoms with E-state index in [1.807, 2.05) is 0 Å². The van der Waals surface area contributed by atoms with Gasteiger partial charge in [-0.2, -0.15) is 0 Å². The van der Waals surface area contributed by atoms with Gasteiger partial charge in [0, 0.05) is 43.5 Å². The molecule has 0 heterocycles. The summed E-state index contributed by atoms with van der Waals surface area (Å²) in [5, 5.41) is -0.281. The SMILES string of the molecule is O=P(O)(O)Oc1c(Cl)c(Cl)c(Cl)c(-c2ccc(Br)c(Br)c2Br)c1-c1ccc(Br)c(Br)c1Br. The molecule has 0 amide bonds. The molecule has 0 atom stereocenters. The van der Waals surface area contributed by atoms with E-state index in [0.717, 1.165) is 8.95 Å². The van der Waals surface area contributed by atoms with Crippen LogP contribution in [0.2, 0.25) is 15.1 Å². The molecule has 3 aromatic carbocycles. The number of phosphoric ester groups is 1. The van der Waals surface area contributed by atoms with Crippen LogP contribution in [0.1, 0.15) is 0 Å². The lowest BCUT2D eigenvalue weighted by molar-refractivity contribution is 0.283. The van der Waals surface area contributed by atoms with Gasteiger partial charge in [0.15, 0.2) is 5.75 Å². The van der Waals surface area contributed by atoms with Crippen molar-refractivity contribution in [3.8, 4) is 28.0 Å². The van der Waals surface area contributed by atoms with Crippen molar-refractivity contribution in [3.05, 3.63) is 66.2 Å². The lowest BCUT2D eigenvalue weighted by Crippen LogP contribution is -1.99. The maximum atomic E-state index is 11.8. The zero-order valence-corrected chi connectivity index (χ0v) is 27.5. The van der Waals surface area contributed by atoms with E-state index >= 15 is 0 Å². The van der Waals surface area contributed by atoms with E-state index in [1.165, 1.54) is 0 Å². The van der Waals surface area contributed by atoms with E-state index in [1.54, 1.807) is 24.3 Å². The van der Waals surface area contributed by atoms with Gasteiger partial charge in [-0.05, 0) is 113 Å². The molecule has 170 valence electrons. The van der Waals surface area contributed by atoms with Gasteiger partial charge in [0.05, 0.1) is 10.0 Å². The minimum absolute atomic E-state index is 0.0746. The van der Waals surface area contributed by atoms with Crippen LogP contribution in [0.4, 0.5) is 0 Å². The highest BCUT2D eigenvalue weighted by Gasteiger charge is 2.31. The largest absolute Gasteiger partial charge is 0.524 e. The van der Waals surface area contributed by atoms with Crippen molar-refractivity contribution in [1.82, 2.24) is 0 Å². The topological polar surface area (TPSA) is 66.8 Å². The molecule has 0 saturated heterocycles. The second-order valence-corrected chi connectivity index (χ2v) is 13.2. The lowest BCUT2D eigenvalue weighted by atomic mass is 9.93. The van der Waals surface area contributed by atoms with Gasteiger partial charge in [-0.25, -0.2) is 4.57 Å². The Morgan fingerprint density at radius 2 is 1.09 bits per heavy atom. The Morgan fingerprint density at radius 3 is 1.53 bits per heavy atom. The van der Waals surface area contributed by atoms with Gasteiger partial charge in [-0.3, -0.25) is 9.79 Å². The Morgan fingerprint density at radius 1 is 0.656 bits per heavy atom. The lowest BCUT2D eigenvalue weighted by Gasteiger charge is -2.23. The van der Waals surface area contributed by atoms with Gasteiger partial charge in [-0.15, -0.1) is 0 Å². The average molecular weight is 903 g/mol. The summed E-state index contributed by atoms with van der Waals surface area (Å²) in [6.45, 7) is 0. The maximum Gasteiger partial charge on any atom is 0.524 e. The molecule has 0 spiro atoms. The Kier molecular flexibility index (Phi) is 9.40. The molecule has 14 heteroatoms. The van der Waals surface area contributed by atoms with Crippen molar-refractivity contribution in [2.75, 3.05) is 0 Å². The molecule has 0 aromatic heterocycles. The minimum Gasteiger partial charge on any atom is -0.402 e. The first kappa shape index (κ1) is 27.9. The molecule has 4 nitrogen and oxygen atoms in total. The summed E-state index contributed by atoms with van der Waals surface area (Å²) in [5.41, 5.74) is 1.63. The molecule has 0 unspecified atom stereocenters. The summed E-state index contributed by atoms with van der Waals surface area (Å²) in [6.07, 6.45) is 0. The summed E-state index contributed by atoms with van der Waals surface area (Å²) < 4.78 is 20.9. The average Bonchev–Trinajstić information content (AvgIpc) is 2.71. The van der Waals surface area contributed by atoms with Gasteiger partial charge < -0.3 is 4.52 Å². The van der Waals surface area contributed by atoms with Crippen molar-refractivity contribution in [3.63, 3.8) is 0 Å². The summed E-state index contributed by atoms with van der Waals surface area (Å²) >= 11 is 40.4. The van der Waals surface area contributed by atoms with Crippen molar-refractivity contribution >= 4 is 138 Å². The zero-order chi connectivity index (χ0) is 24.1. The number of rotatable bonds is 4. The number of benzene rings is 3. The zero-order valence-electron chi connectivity index (χ0n) is 14.9. The maximum absolute atomic E-state index is 11.8. The first-order valence-corrected chi connectivity index (χ1v) is 15.4. The molecule has 0 fully saturated rings. The Hall–Kier alpha value is 1.36. The van der Waals surface area contributed by atoms with Crippen LogP contribution in [-0.2, 0) is 4.57 Å². The molecule has 0 aliphatic heterocycles. The van der Waals surface area contributed by atoms with Crippen LogP contribution in [0.15, 0.2) is 51.1 Å². The van der Waals surface area contributed by atoms with Gasteiger partial charge >= 0.3 is 7.82 Å². The number of halogens is 9. The molecule has 0 radical (unpaired) electrons. The van der Waals surface area contributed by atoms with Crippen molar-refractivity contribution in [2.45, 2.75) is 0 Å². The fourth-order valence-electron chi connectivity index (χ4n) is 2.79. The van der Waals surface area contributed by atoms with Crippen LogP contribution in [0.5, 0.6) is 5.75 Å². The second-order valence-electron chi connectivity index (χ2n) is 6.05. The van der Waals surface area contributed by atoms with E-state index in [0.29, 0.717) is 34.6 Å². The number of hydrogen-bond donors (Lipinski definition) is 2. The van der Waals surface area contributed by atoms with E-state index < -0.39 is 7.82 Å². The number of hydrogen-bond acceptors (Lipinski definition) is 2. The van der Waals surface area contributed by atoms with Crippen LogP contribution >= 0.6 is 138 Å². The second kappa shape index (κ2) is 10.8. The van der Waals surface area contributed by atoms with Crippen LogP contribution < -0.4 is 4.52 Å². The van der Waals surface area contributed by atoms with E-state index in [2.05, 4.69) is 95.6 Å². The van der Waals surface area contributed by atoms with Crippen molar-refractivity contribution in [2.24, 2.45) is 0 Å². The van der Waals surface area contributed by atoms with Crippen LogP contribution in [-0.4, -0.2) is 9.79 Å². The highest BCUT2D eigenvalue weighted by molar-refractivity contribution is 9.15. The minimum atomic E-state index is -5.02. The third kappa shape index (κ3) is 5.52. The summed E-state index contributed by atoms with van der Waals surface area (Å²) in [5.74, 6) is -0.315. The van der Waals surface area contributed by atoms with Gasteiger partial charge in [0.1, 0.15) is 5.02 Å². The van der Waals surface area contributed by atoms with E-state index in [9.17, 15) is 14.4 Å². The molecule has 0 saturated carbocycles. The molecule has 3 rings (SSSR count). The molecule has 32 heavy (non-hydrogen) atoms. The first-order valence-electron chi connectivity index (χ1n) is 7.99. The molecular formula is C18H6Br6Cl3O4P. The van der Waals surface area contributed by atoms with Gasteiger partial charge in [0.25, 0.3) is 0 Å². The Labute approximate surface area is 248 Å².